The third-order valence-electron chi connectivity index (χ3n) is 5.51. The Morgan fingerprint density at radius 2 is 2.03 bits per heavy atom. The second-order valence-electron chi connectivity index (χ2n) is 7.58. The first-order valence-corrected chi connectivity index (χ1v) is 12.3. The maximum absolute atomic E-state index is 13.0. The largest absolute Gasteiger partial charge is 0.355 e. The van der Waals surface area contributed by atoms with Crippen molar-refractivity contribution in [1.82, 2.24) is 9.88 Å². The molecule has 0 radical (unpaired) electrons. The van der Waals surface area contributed by atoms with E-state index in [-0.39, 0.29) is 16.7 Å². The minimum Gasteiger partial charge on any atom is -0.355 e. The molecule has 1 atom stereocenters. The minimum absolute atomic E-state index is 0.0734. The van der Waals surface area contributed by atoms with Gasteiger partial charge < -0.3 is 10.2 Å². The minimum atomic E-state index is -3.68. The fourth-order valence-corrected chi connectivity index (χ4v) is 5.90. The van der Waals surface area contributed by atoms with E-state index in [1.54, 1.807) is 41.8 Å². The van der Waals surface area contributed by atoms with Crippen LogP contribution >= 0.6 is 11.3 Å². The SMILES string of the molecule is O=C(Nc1cccc(-c2nccs2)c1)C1CCCN(C2=NS(=O)(=O)c3ccccc32)C1. The van der Waals surface area contributed by atoms with Crippen LogP contribution in [0.3, 0.4) is 0 Å². The lowest BCUT2D eigenvalue weighted by Crippen LogP contribution is -2.43. The number of likely N-dealkylation sites (tertiary alicyclic amines) is 1. The normalized spacial score (nSPS) is 19.5. The highest BCUT2D eigenvalue weighted by atomic mass is 32.2. The van der Waals surface area contributed by atoms with Crippen LogP contribution in [0.1, 0.15) is 18.4 Å². The second-order valence-corrected chi connectivity index (χ2v) is 10.0. The van der Waals surface area contributed by atoms with Crippen molar-refractivity contribution in [3.05, 3.63) is 65.7 Å². The van der Waals surface area contributed by atoms with E-state index < -0.39 is 10.0 Å². The van der Waals surface area contributed by atoms with Gasteiger partial charge in [-0.2, -0.15) is 8.42 Å². The Balaban J connectivity index is 1.33. The molecule has 1 fully saturated rings. The van der Waals surface area contributed by atoms with Crippen molar-refractivity contribution in [3.63, 3.8) is 0 Å². The number of anilines is 1. The lowest BCUT2D eigenvalue weighted by molar-refractivity contribution is -0.121. The first-order chi connectivity index (χ1) is 15.0. The number of nitrogens with one attached hydrogen (secondary N) is 1. The summed E-state index contributed by atoms with van der Waals surface area (Å²) < 4.78 is 28.8. The van der Waals surface area contributed by atoms with Crippen LogP contribution in [0, 0.1) is 5.92 Å². The lowest BCUT2D eigenvalue weighted by Gasteiger charge is -2.33. The van der Waals surface area contributed by atoms with Gasteiger partial charge in [0.1, 0.15) is 9.90 Å². The molecular formula is C22H20N4O3S2. The number of piperidine rings is 1. The van der Waals surface area contributed by atoms with E-state index in [2.05, 4.69) is 14.7 Å². The molecule has 2 aromatic carbocycles. The molecule has 1 aromatic heterocycles. The number of hydrogen-bond acceptors (Lipinski definition) is 6. The number of hydrogen-bond donors (Lipinski definition) is 1. The van der Waals surface area contributed by atoms with Crippen molar-refractivity contribution < 1.29 is 13.2 Å². The summed E-state index contributed by atoms with van der Waals surface area (Å²) in [6.45, 7) is 1.10. The number of carbonyl (C=O) groups is 1. The molecule has 2 aliphatic rings. The molecule has 7 nitrogen and oxygen atoms in total. The van der Waals surface area contributed by atoms with Gasteiger partial charge in [-0.1, -0.05) is 24.3 Å². The average Bonchev–Trinajstić information content (AvgIpc) is 3.41. The van der Waals surface area contributed by atoms with Crippen LogP contribution in [0.25, 0.3) is 10.6 Å². The van der Waals surface area contributed by atoms with E-state index in [0.29, 0.717) is 24.5 Å². The summed E-state index contributed by atoms with van der Waals surface area (Å²) in [5, 5.41) is 5.83. The molecule has 0 saturated carbocycles. The summed E-state index contributed by atoms with van der Waals surface area (Å²) in [5.74, 6) is 0.116. The molecule has 158 valence electrons. The van der Waals surface area contributed by atoms with Gasteiger partial charge in [-0.25, -0.2) is 4.98 Å². The van der Waals surface area contributed by atoms with Crippen LogP contribution < -0.4 is 5.32 Å². The van der Waals surface area contributed by atoms with Gasteiger partial charge in [0, 0.05) is 41.5 Å². The van der Waals surface area contributed by atoms with Gasteiger partial charge in [0.25, 0.3) is 10.0 Å². The number of sulfonamides is 1. The second kappa shape index (κ2) is 7.90. The van der Waals surface area contributed by atoms with E-state index in [0.717, 1.165) is 29.1 Å². The molecule has 0 spiro atoms. The molecular weight excluding hydrogens is 432 g/mol. The van der Waals surface area contributed by atoms with E-state index in [4.69, 9.17) is 0 Å². The van der Waals surface area contributed by atoms with Crippen molar-refractivity contribution in [2.75, 3.05) is 18.4 Å². The van der Waals surface area contributed by atoms with Gasteiger partial charge in [0.05, 0.1) is 5.92 Å². The first kappa shape index (κ1) is 19.9. The maximum atomic E-state index is 13.0. The van der Waals surface area contributed by atoms with Crippen LogP contribution in [0.4, 0.5) is 5.69 Å². The number of nitrogens with zero attached hydrogens (tertiary/aromatic N) is 3. The Bertz CT molecular complexity index is 1270. The number of carbonyl (C=O) groups excluding carboxylic acids is 1. The molecule has 1 unspecified atom stereocenters. The van der Waals surface area contributed by atoms with E-state index >= 15 is 0 Å². The first-order valence-electron chi connectivity index (χ1n) is 10.0. The smallest absolute Gasteiger partial charge is 0.285 e. The average molecular weight is 453 g/mol. The van der Waals surface area contributed by atoms with Crippen molar-refractivity contribution in [1.29, 1.82) is 0 Å². The molecule has 0 aliphatic carbocycles. The fraction of sp³-hybridized carbons (Fsp3) is 0.227. The Kier molecular flexibility index (Phi) is 5.07. The molecule has 1 N–H and O–H groups in total. The lowest BCUT2D eigenvalue weighted by atomic mass is 9.96. The van der Waals surface area contributed by atoms with Gasteiger partial charge in [0.15, 0.2) is 5.84 Å². The zero-order valence-corrected chi connectivity index (χ0v) is 18.2. The van der Waals surface area contributed by atoms with Crippen LogP contribution in [0.15, 0.2) is 69.4 Å². The molecule has 2 aliphatic heterocycles. The maximum Gasteiger partial charge on any atom is 0.285 e. The number of fused-ring (bicyclic) bond motifs is 1. The Hall–Kier alpha value is -3.04. The zero-order valence-electron chi connectivity index (χ0n) is 16.6. The van der Waals surface area contributed by atoms with Crippen LogP contribution in [0.5, 0.6) is 0 Å². The summed E-state index contributed by atoms with van der Waals surface area (Å²) in [6.07, 6.45) is 3.29. The van der Waals surface area contributed by atoms with Crippen molar-refractivity contribution in [2.45, 2.75) is 17.7 Å². The number of thiazole rings is 1. The number of aromatic nitrogens is 1. The van der Waals surface area contributed by atoms with Gasteiger partial charge in [0.2, 0.25) is 5.91 Å². The van der Waals surface area contributed by atoms with Gasteiger partial charge >= 0.3 is 0 Å². The number of amides is 1. The highest BCUT2D eigenvalue weighted by molar-refractivity contribution is 7.90. The molecule has 1 amide bonds. The summed E-state index contributed by atoms with van der Waals surface area (Å²) in [7, 11) is -3.68. The monoisotopic (exact) mass is 452 g/mol. The third-order valence-corrected chi connectivity index (χ3v) is 7.66. The number of rotatable bonds is 3. The van der Waals surface area contributed by atoms with Crippen LogP contribution in [-0.2, 0) is 14.8 Å². The zero-order chi connectivity index (χ0) is 21.4. The summed E-state index contributed by atoms with van der Waals surface area (Å²) >= 11 is 1.55. The Morgan fingerprint density at radius 1 is 1.16 bits per heavy atom. The van der Waals surface area contributed by atoms with Crippen LogP contribution in [0.2, 0.25) is 0 Å². The van der Waals surface area contributed by atoms with E-state index in [1.807, 2.05) is 34.5 Å². The summed E-state index contributed by atoms with van der Waals surface area (Å²) in [6, 6.07) is 14.5. The van der Waals surface area contributed by atoms with Crippen LogP contribution in [-0.4, -0.2) is 43.1 Å². The predicted octanol–water partition coefficient (Wildman–Crippen LogP) is 3.61. The highest BCUT2D eigenvalue weighted by Crippen LogP contribution is 2.30. The van der Waals surface area contributed by atoms with Crippen molar-refractivity contribution in [2.24, 2.45) is 10.3 Å². The molecule has 3 aromatic rings. The molecule has 0 bridgehead atoms. The topological polar surface area (TPSA) is 91.7 Å². The molecule has 9 heteroatoms. The van der Waals surface area contributed by atoms with Gasteiger partial charge in [-0.15, -0.1) is 15.7 Å². The van der Waals surface area contributed by atoms with Crippen molar-refractivity contribution >= 4 is 38.8 Å². The van der Waals surface area contributed by atoms with E-state index in [9.17, 15) is 13.2 Å². The quantitative estimate of drug-likeness (QED) is 0.655. The van der Waals surface area contributed by atoms with Crippen molar-refractivity contribution in [3.8, 4) is 10.6 Å². The molecule has 5 rings (SSSR count). The summed E-state index contributed by atoms with van der Waals surface area (Å²) in [5.41, 5.74) is 2.29. The van der Waals surface area contributed by atoms with E-state index in [1.165, 1.54) is 0 Å². The molecule has 1 saturated heterocycles. The standard InChI is InChI=1S/C22H20N4O3S2/c27-21(24-17-7-3-5-15(13-17)22-23-10-12-30-22)16-6-4-11-26(14-16)20-18-8-1-2-9-19(18)31(28,29)25-20/h1-3,5,7-10,12-13,16H,4,6,11,14H2,(H,24,27). The van der Waals surface area contributed by atoms with Gasteiger partial charge in [-0.3, -0.25) is 4.79 Å². The van der Waals surface area contributed by atoms with Gasteiger partial charge in [-0.05, 0) is 37.1 Å². The Morgan fingerprint density at radius 3 is 2.87 bits per heavy atom. The number of amidine groups is 1. The Labute approximate surface area is 184 Å². The third kappa shape index (κ3) is 3.86. The molecule has 31 heavy (non-hydrogen) atoms. The summed E-state index contributed by atoms with van der Waals surface area (Å²) in [4.78, 5) is 19.5. The number of benzene rings is 2. The fourth-order valence-electron chi connectivity index (χ4n) is 4.04. The highest BCUT2D eigenvalue weighted by Gasteiger charge is 2.35. The molecule has 3 heterocycles. The predicted molar refractivity (Wildman–Crippen MR) is 121 cm³/mol.